The normalized spacial score (nSPS) is 6.91. The summed E-state index contributed by atoms with van der Waals surface area (Å²) in [6.45, 7) is 0. The number of halogens is 3. The summed E-state index contributed by atoms with van der Waals surface area (Å²) >= 11 is 0. The van der Waals surface area contributed by atoms with Gasteiger partial charge < -0.3 is 10.2 Å². The predicted octanol–water partition coefficient (Wildman–Crippen LogP) is 0.977. The van der Waals surface area contributed by atoms with Crippen molar-refractivity contribution in [1.29, 1.82) is 0 Å². The van der Waals surface area contributed by atoms with Crippen LogP contribution in [0, 0.1) is 0 Å². The molecule has 0 saturated carbocycles. The smallest absolute Gasteiger partial charge is 0.328 e. The lowest BCUT2D eigenvalue weighted by Crippen LogP contribution is -1.91. The van der Waals surface area contributed by atoms with Gasteiger partial charge >= 0.3 is 11.9 Å². The molecule has 4 nitrogen and oxygen atoms in total. The van der Waals surface area contributed by atoms with Crippen LogP contribution in [0.1, 0.15) is 0 Å². The molecule has 0 heterocycles. The van der Waals surface area contributed by atoms with Gasteiger partial charge in [0.05, 0.1) is 0 Å². The Balaban J connectivity index is -0.0000000817. The van der Waals surface area contributed by atoms with Gasteiger partial charge in [-0.15, -0.1) is 37.2 Å². The monoisotopic (exact) mass is 224 g/mol. The molecule has 68 valence electrons. The highest BCUT2D eigenvalue weighted by Gasteiger charge is 1.88. The lowest BCUT2D eigenvalue weighted by Gasteiger charge is -1.74. The Morgan fingerprint density at radius 1 is 0.818 bits per heavy atom. The van der Waals surface area contributed by atoms with E-state index < -0.39 is 11.9 Å². The van der Waals surface area contributed by atoms with E-state index in [9.17, 15) is 9.59 Å². The maximum absolute atomic E-state index is 9.55. The highest BCUT2D eigenvalue weighted by molar-refractivity contribution is 5.89. The fourth-order valence-electron chi connectivity index (χ4n) is 0.143. The van der Waals surface area contributed by atoms with Gasteiger partial charge in [0.25, 0.3) is 0 Å². The summed E-state index contributed by atoms with van der Waals surface area (Å²) in [7, 11) is 0. The first-order valence-corrected chi connectivity index (χ1v) is 1.77. The molecule has 0 aliphatic carbocycles. The van der Waals surface area contributed by atoms with Crippen LogP contribution in [0.4, 0.5) is 0 Å². The molecule has 0 atom stereocenters. The summed E-state index contributed by atoms with van der Waals surface area (Å²) in [5, 5.41) is 15.6. The summed E-state index contributed by atoms with van der Waals surface area (Å²) in [4.78, 5) is 19.1. The van der Waals surface area contributed by atoms with E-state index in [2.05, 4.69) is 0 Å². The molecule has 0 aliphatic heterocycles. The zero-order chi connectivity index (χ0) is 6.57. The average Bonchev–Trinajstić information content (AvgIpc) is 1.61. The quantitative estimate of drug-likeness (QED) is 0.687. The minimum absolute atomic E-state index is 0. The predicted molar refractivity (Wildman–Crippen MR) is 46.2 cm³/mol. The van der Waals surface area contributed by atoms with Gasteiger partial charge in [0.1, 0.15) is 0 Å². The molecule has 7 heteroatoms. The molecule has 0 bridgehead atoms. The van der Waals surface area contributed by atoms with Crippen LogP contribution < -0.4 is 0 Å². The SMILES string of the molecule is Cl.Cl.Cl.O=C(O)C=CC(=O)O. The van der Waals surface area contributed by atoms with Crippen LogP contribution in [0.25, 0.3) is 0 Å². The van der Waals surface area contributed by atoms with Crippen molar-refractivity contribution in [3.8, 4) is 0 Å². The molecule has 0 aromatic rings. The van der Waals surface area contributed by atoms with Gasteiger partial charge in [-0.2, -0.15) is 0 Å². The van der Waals surface area contributed by atoms with Gasteiger partial charge in [-0.1, -0.05) is 0 Å². The number of rotatable bonds is 2. The molecule has 0 saturated heterocycles. The minimum atomic E-state index is -1.26. The fourth-order valence-corrected chi connectivity index (χ4v) is 0.143. The molecule has 0 aromatic carbocycles. The number of carbonyl (C=O) groups is 2. The Hall–Kier alpha value is -0.450. The number of carboxylic acid groups (broad SMARTS) is 2. The van der Waals surface area contributed by atoms with E-state index in [4.69, 9.17) is 10.2 Å². The lowest BCUT2D eigenvalue weighted by atomic mass is 10.5. The molecule has 2 N–H and O–H groups in total. The number of hydrogen-bond donors (Lipinski definition) is 2. The van der Waals surface area contributed by atoms with Crippen molar-refractivity contribution in [1.82, 2.24) is 0 Å². The van der Waals surface area contributed by atoms with Crippen LogP contribution in [0.2, 0.25) is 0 Å². The van der Waals surface area contributed by atoms with Gasteiger partial charge in [-0.05, 0) is 0 Å². The van der Waals surface area contributed by atoms with Gasteiger partial charge in [-0.25, -0.2) is 9.59 Å². The van der Waals surface area contributed by atoms with Crippen molar-refractivity contribution >= 4 is 49.2 Å². The molecule has 0 rings (SSSR count). The lowest BCUT2D eigenvalue weighted by molar-refractivity contribution is -0.134. The Kier molecular flexibility index (Phi) is 25.0. The molecular formula is C4H7Cl3O4. The number of carboxylic acids is 2. The van der Waals surface area contributed by atoms with Crippen molar-refractivity contribution in [2.24, 2.45) is 0 Å². The first-order chi connectivity index (χ1) is 3.63. The third kappa shape index (κ3) is 26.3. The van der Waals surface area contributed by atoms with Crippen molar-refractivity contribution in [3.63, 3.8) is 0 Å². The van der Waals surface area contributed by atoms with E-state index >= 15 is 0 Å². The molecule has 0 radical (unpaired) electrons. The zero-order valence-corrected chi connectivity index (χ0v) is 7.54. The number of hydrogen-bond acceptors (Lipinski definition) is 2. The molecule has 0 unspecified atom stereocenters. The van der Waals surface area contributed by atoms with Crippen LogP contribution in [0.5, 0.6) is 0 Å². The average molecular weight is 225 g/mol. The molecule has 0 aliphatic rings. The zero-order valence-electron chi connectivity index (χ0n) is 5.09. The Morgan fingerprint density at radius 2 is 1.00 bits per heavy atom. The largest absolute Gasteiger partial charge is 0.478 e. The van der Waals surface area contributed by atoms with Crippen molar-refractivity contribution in [3.05, 3.63) is 12.2 Å². The van der Waals surface area contributed by atoms with Crippen molar-refractivity contribution < 1.29 is 19.8 Å². The molecular weight excluding hydrogens is 218 g/mol. The molecule has 0 amide bonds. The molecule has 11 heavy (non-hydrogen) atoms. The molecule has 0 fully saturated rings. The summed E-state index contributed by atoms with van der Waals surface area (Å²) in [6, 6.07) is 0. The second-order valence-electron chi connectivity index (χ2n) is 1.01. The first kappa shape index (κ1) is 22.4. The maximum atomic E-state index is 9.55. The summed E-state index contributed by atoms with van der Waals surface area (Å²) in [5.41, 5.74) is 0. The Labute approximate surface area is 81.5 Å². The van der Waals surface area contributed by atoms with Gasteiger partial charge in [-0.3, -0.25) is 0 Å². The van der Waals surface area contributed by atoms with Crippen LogP contribution in [0.15, 0.2) is 12.2 Å². The molecule has 0 spiro atoms. The van der Waals surface area contributed by atoms with E-state index in [1.54, 1.807) is 0 Å². The van der Waals surface area contributed by atoms with Gasteiger partial charge in [0.15, 0.2) is 0 Å². The van der Waals surface area contributed by atoms with E-state index in [0.717, 1.165) is 0 Å². The summed E-state index contributed by atoms with van der Waals surface area (Å²) in [6.07, 6.45) is 1.12. The second-order valence-corrected chi connectivity index (χ2v) is 1.01. The van der Waals surface area contributed by atoms with E-state index in [1.165, 1.54) is 0 Å². The van der Waals surface area contributed by atoms with Crippen LogP contribution in [-0.4, -0.2) is 22.2 Å². The molecule has 0 aromatic heterocycles. The van der Waals surface area contributed by atoms with Crippen LogP contribution in [-0.2, 0) is 9.59 Å². The van der Waals surface area contributed by atoms with Crippen LogP contribution in [0.3, 0.4) is 0 Å². The van der Waals surface area contributed by atoms with Gasteiger partial charge in [0.2, 0.25) is 0 Å². The van der Waals surface area contributed by atoms with E-state index in [1.807, 2.05) is 0 Å². The third-order valence-corrected chi connectivity index (χ3v) is 0.368. The van der Waals surface area contributed by atoms with Crippen molar-refractivity contribution in [2.75, 3.05) is 0 Å². The topological polar surface area (TPSA) is 74.6 Å². The standard InChI is InChI=1S/C4H4O4.3ClH/c5-3(6)1-2-4(7)8;;;/h1-2H,(H,5,6)(H,7,8);3*1H. The van der Waals surface area contributed by atoms with E-state index in [-0.39, 0.29) is 37.2 Å². The fraction of sp³-hybridized carbons (Fsp3) is 0. The van der Waals surface area contributed by atoms with E-state index in [0.29, 0.717) is 12.2 Å². The highest BCUT2D eigenvalue weighted by atomic mass is 35.5. The summed E-state index contributed by atoms with van der Waals surface area (Å²) < 4.78 is 0. The van der Waals surface area contributed by atoms with Gasteiger partial charge in [0, 0.05) is 12.2 Å². The van der Waals surface area contributed by atoms with Crippen LogP contribution >= 0.6 is 37.2 Å². The first-order valence-electron chi connectivity index (χ1n) is 1.77. The maximum Gasteiger partial charge on any atom is 0.328 e. The third-order valence-electron chi connectivity index (χ3n) is 0.368. The minimum Gasteiger partial charge on any atom is -0.478 e. The second kappa shape index (κ2) is 12.2. The van der Waals surface area contributed by atoms with Crippen molar-refractivity contribution in [2.45, 2.75) is 0 Å². The summed E-state index contributed by atoms with van der Waals surface area (Å²) in [5.74, 6) is -2.51. The highest BCUT2D eigenvalue weighted by Crippen LogP contribution is 1.70. The number of aliphatic carboxylic acids is 2. The Bertz CT molecular complexity index is 128. The Morgan fingerprint density at radius 3 is 1.09 bits per heavy atom.